The Morgan fingerprint density at radius 1 is 0.947 bits per heavy atom. The highest BCUT2D eigenvalue weighted by molar-refractivity contribution is 5.53. The Morgan fingerprint density at radius 3 is 2.32 bits per heavy atom. The summed E-state index contributed by atoms with van der Waals surface area (Å²) in [6.45, 7) is 2.02. The van der Waals surface area contributed by atoms with Crippen LogP contribution in [0.3, 0.4) is 0 Å². The van der Waals surface area contributed by atoms with Gasteiger partial charge in [-0.05, 0) is 48.5 Å². The van der Waals surface area contributed by atoms with Crippen LogP contribution in [0.5, 0.6) is 0 Å². The molecule has 1 heterocycles. The molecule has 2 aromatic carbocycles. The minimum Gasteiger partial charge on any atom is -0.207 e. The third kappa shape index (κ3) is 2.35. The maximum absolute atomic E-state index is 12.8. The van der Waals surface area contributed by atoms with Gasteiger partial charge in [-0.1, -0.05) is 17.7 Å². The highest BCUT2D eigenvalue weighted by Gasteiger charge is 2.07. The molecule has 0 unspecified atom stereocenters. The van der Waals surface area contributed by atoms with Crippen LogP contribution in [0.15, 0.2) is 48.5 Å². The minimum atomic E-state index is -0.283. The standard InChI is InChI=1S/C14H11FN4/c1-10-2-8-13(9-3-10)19-17-14(16-18-19)11-4-6-12(15)7-5-11/h2-9H,1H3. The van der Waals surface area contributed by atoms with Gasteiger partial charge in [0, 0.05) is 5.56 Å². The van der Waals surface area contributed by atoms with Crippen molar-refractivity contribution in [3.63, 3.8) is 0 Å². The molecule has 0 aliphatic rings. The molecule has 19 heavy (non-hydrogen) atoms. The lowest BCUT2D eigenvalue weighted by molar-refractivity contribution is 0.628. The molecule has 0 N–H and O–H groups in total. The van der Waals surface area contributed by atoms with E-state index in [2.05, 4.69) is 15.4 Å². The first-order chi connectivity index (χ1) is 9.22. The largest absolute Gasteiger partial charge is 0.207 e. The molecule has 0 spiro atoms. The quantitative estimate of drug-likeness (QED) is 0.706. The van der Waals surface area contributed by atoms with Crippen LogP contribution in [0.1, 0.15) is 5.56 Å². The maximum Gasteiger partial charge on any atom is 0.205 e. The summed E-state index contributed by atoms with van der Waals surface area (Å²) < 4.78 is 12.8. The molecular weight excluding hydrogens is 243 g/mol. The highest BCUT2D eigenvalue weighted by atomic mass is 19.1. The van der Waals surface area contributed by atoms with Gasteiger partial charge >= 0.3 is 0 Å². The van der Waals surface area contributed by atoms with E-state index in [9.17, 15) is 4.39 Å². The van der Waals surface area contributed by atoms with Crippen LogP contribution in [0, 0.1) is 12.7 Å². The van der Waals surface area contributed by atoms with Gasteiger partial charge in [-0.15, -0.1) is 15.0 Å². The first-order valence-corrected chi connectivity index (χ1v) is 5.85. The van der Waals surface area contributed by atoms with E-state index in [-0.39, 0.29) is 5.82 Å². The summed E-state index contributed by atoms with van der Waals surface area (Å²) >= 11 is 0. The predicted octanol–water partition coefficient (Wildman–Crippen LogP) is 2.78. The molecule has 3 rings (SSSR count). The molecule has 0 fully saturated rings. The average Bonchev–Trinajstić information content (AvgIpc) is 2.90. The summed E-state index contributed by atoms with van der Waals surface area (Å²) in [5.41, 5.74) is 2.74. The zero-order valence-corrected chi connectivity index (χ0v) is 10.3. The molecule has 0 saturated carbocycles. The predicted molar refractivity (Wildman–Crippen MR) is 69.3 cm³/mol. The molecule has 5 heteroatoms. The summed E-state index contributed by atoms with van der Waals surface area (Å²) in [4.78, 5) is 1.46. The lowest BCUT2D eigenvalue weighted by Gasteiger charge is -1.98. The zero-order valence-electron chi connectivity index (χ0n) is 10.3. The van der Waals surface area contributed by atoms with Gasteiger partial charge in [-0.2, -0.15) is 0 Å². The average molecular weight is 254 g/mol. The minimum absolute atomic E-state index is 0.283. The van der Waals surface area contributed by atoms with Crippen molar-refractivity contribution < 1.29 is 4.39 Å². The summed E-state index contributed by atoms with van der Waals surface area (Å²) in [5, 5.41) is 12.3. The van der Waals surface area contributed by atoms with Gasteiger partial charge in [0.05, 0.1) is 5.69 Å². The number of hydrogen-bond donors (Lipinski definition) is 0. The van der Waals surface area contributed by atoms with Crippen molar-refractivity contribution in [2.75, 3.05) is 0 Å². The molecular formula is C14H11FN4. The Balaban J connectivity index is 1.95. The summed E-state index contributed by atoms with van der Waals surface area (Å²) in [7, 11) is 0. The van der Waals surface area contributed by atoms with E-state index in [1.165, 1.54) is 22.5 Å². The maximum atomic E-state index is 12.8. The molecule has 0 radical (unpaired) electrons. The van der Waals surface area contributed by atoms with Gasteiger partial charge in [0.15, 0.2) is 0 Å². The highest BCUT2D eigenvalue weighted by Crippen LogP contribution is 2.15. The molecule has 0 amide bonds. The fraction of sp³-hybridized carbons (Fsp3) is 0.0714. The summed E-state index contributed by atoms with van der Waals surface area (Å²) in [6, 6.07) is 13.8. The zero-order chi connectivity index (χ0) is 13.2. The number of hydrogen-bond acceptors (Lipinski definition) is 3. The molecule has 0 bridgehead atoms. The molecule has 1 aromatic heterocycles. The number of benzene rings is 2. The van der Waals surface area contributed by atoms with Crippen molar-refractivity contribution in [1.82, 2.24) is 20.2 Å². The third-order valence-corrected chi connectivity index (χ3v) is 2.78. The van der Waals surface area contributed by atoms with Crippen LogP contribution in [0.25, 0.3) is 17.1 Å². The van der Waals surface area contributed by atoms with Crippen LogP contribution in [0.4, 0.5) is 4.39 Å². The Labute approximate surface area is 109 Å². The van der Waals surface area contributed by atoms with E-state index in [1.54, 1.807) is 12.1 Å². The number of tetrazole rings is 1. The monoisotopic (exact) mass is 254 g/mol. The second-order valence-electron chi connectivity index (χ2n) is 4.24. The van der Waals surface area contributed by atoms with Gasteiger partial charge in [0.1, 0.15) is 5.82 Å². The SMILES string of the molecule is Cc1ccc(-n2nnc(-c3ccc(F)cc3)n2)cc1. The number of aryl methyl sites for hydroxylation is 1. The number of aromatic nitrogens is 4. The first kappa shape index (κ1) is 11.5. The van der Waals surface area contributed by atoms with Crippen molar-refractivity contribution in [1.29, 1.82) is 0 Å². The molecule has 94 valence electrons. The normalized spacial score (nSPS) is 10.6. The van der Waals surface area contributed by atoms with Gasteiger partial charge < -0.3 is 0 Å². The van der Waals surface area contributed by atoms with Gasteiger partial charge in [-0.25, -0.2) is 4.39 Å². The molecule has 0 atom stereocenters. The van der Waals surface area contributed by atoms with E-state index in [1.807, 2.05) is 31.2 Å². The second kappa shape index (κ2) is 4.61. The lowest BCUT2D eigenvalue weighted by Crippen LogP contribution is -1.98. The first-order valence-electron chi connectivity index (χ1n) is 5.85. The fourth-order valence-electron chi connectivity index (χ4n) is 1.72. The smallest absolute Gasteiger partial charge is 0.205 e. The van der Waals surface area contributed by atoms with Crippen LogP contribution in [-0.4, -0.2) is 20.2 Å². The van der Waals surface area contributed by atoms with Crippen molar-refractivity contribution in [2.24, 2.45) is 0 Å². The number of halogens is 1. The van der Waals surface area contributed by atoms with E-state index < -0.39 is 0 Å². The molecule has 0 aliphatic heterocycles. The summed E-state index contributed by atoms with van der Waals surface area (Å²) in [5.74, 6) is 0.190. The van der Waals surface area contributed by atoms with Crippen LogP contribution < -0.4 is 0 Å². The Bertz CT molecular complexity index is 626. The second-order valence-corrected chi connectivity index (χ2v) is 4.24. The number of rotatable bonds is 2. The van der Waals surface area contributed by atoms with Crippen molar-refractivity contribution in [3.05, 3.63) is 59.9 Å². The van der Waals surface area contributed by atoms with Gasteiger partial charge in [-0.3, -0.25) is 0 Å². The Hall–Kier alpha value is -2.56. The van der Waals surface area contributed by atoms with Crippen molar-refractivity contribution in [2.45, 2.75) is 6.92 Å². The number of nitrogens with zero attached hydrogens (tertiary/aromatic N) is 4. The van der Waals surface area contributed by atoms with E-state index >= 15 is 0 Å². The van der Waals surface area contributed by atoms with E-state index in [4.69, 9.17) is 0 Å². The Kier molecular flexibility index (Phi) is 2.79. The van der Waals surface area contributed by atoms with Crippen LogP contribution in [0.2, 0.25) is 0 Å². The van der Waals surface area contributed by atoms with Crippen molar-refractivity contribution >= 4 is 0 Å². The van der Waals surface area contributed by atoms with Gasteiger partial charge in [0.25, 0.3) is 0 Å². The molecule has 0 saturated heterocycles. The summed E-state index contributed by atoms with van der Waals surface area (Å²) in [6.07, 6.45) is 0. The topological polar surface area (TPSA) is 43.6 Å². The van der Waals surface area contributed by atoms with E-state index in [0.29, 0.717) is 5.82 Å². The fourth-order valence-corrected chi connectivity index (χ4v) is 1.72. The van der Waals surface area contributed by atoms with Crippen LogP contribution in [-0.2, 0) is 0 Å². The van der Waals surface area contributed by atoms with Crippen LogP contribution >= 0.6 is 0 Å². The van der Waals surface area contributed by atoms with Crippen molar-refractivity contribution in [3.8, 4) is 17.1 Å². The molecule has 0 aliphatic carbocycles. The Morgan fingerprint density at radius 2 is 1.63 bits per heavy atom. The lowest BCUT2D eigenvalue weighted by atomic mass is 10.2. The molecule has 3 aromatic rings. The third-order valence-electron chi connectivity index (χ3n) is 2.78. The molecule has 4 nitrogen and oxygen atoms in total. The van der Waals surface area contributed by atoms with Gasteiger partial charge in [0.2, 0.25) is 5.82 Å². The van der Waals surface area contributed by atoms with E-state index in [0.717, 1.165) is 11.3 Å².